The van der Waals surface area contributed by atoms with Crippen molar-refractivity contribution in [3.63, 3.8) is 0 Å². The molecule has 1 aromatic carbocycles. The average Bonchev–Trinajstić information content (AvgIpc) is 3.14. The molecule has 1 amide bonds. The van der Waals surface area contributed by atoms with Gasteiger partial charge in [-0.1, -0.05) is 30.7 Å². The van der Waals surface area contributed by atoms with E-state index in [0.29, 0.717) is 19.1 Å². The number of nitrogens with one attached hydrogen (secondary N) is 1. The van der Waals surface area contributed by atoms with E-state index in [2.05, 4.69) is 29.6 Å². The predicted molar refractivity (Wildman–Crippen MR) is 91.8 cm³/mol. The van der Waals surface area contributed by atoms with E-state index in [1.165, 1.54) is 31.2 Å². The number of carbonyl (C=O) groups excluding carboxylic acids is 1. The van der Waals surface area contributed by atoms with Crippen molar-refractivity contribution in [2.45, 2.75) is 65.2 Å². The van der Waals surface area contributed by atoms with Crippen molar-refractivity contribution in [1.82, 2.24) is 5.32 Å². The van der Waals surface area contributed by atoms with E-state index < -0.39 is 0 Å². The Kier molecular flexibility index (Phi) is 5.37. The summed E-state index contributed by atoms with van der Waals surface area (Å²) in [6, 6.07) is 8.33. The molecule has 3 heteroatoms. The zero-order valence-electron chi connectivity index (χ0n) is 14.4. The normalized spacial score (nSPS) is 26.0. The molecule has 2 aliphatic carbocycles. The van der Waals surface area contributed by atoms with Crippen molar-refractivity contribution in [2.24, 2.45) is 17.8 Å². The van der Waals surface area contributed by atoms with Crippen LogP contribution in [0.25, 0.3) is 0 Å². The van der Waals surface area contributed by atoms with E-state index in [0.717, 1.165) is 23.8 Å². The fourth-order valence-corrected chi connectivity index (χ4v) is 4.15. The van der Waals surface area contributed by atoms with Crippen LogP contribution in [-0.4, -0.2) is 12.0 Å². The molecule has 2 saturated carbocycles. The topological polar surface area (TPSA) is 38.3 Å². The maximum atomic E-state index is 12.2. The average molecular weight is 315 g/mol. The van der Waals surface area contributed by atoms with E-state index >= 15 is 0 Å². The van der Waals surface area contributed by atoms with Crippen LogP contribution in [0.2, 0.25) is 0 Å². The molecule has 0 heterocycles. The van der Waals surface area contributed by atoms with Gasteiger partial charge < -0.3 is 10.1 Å². The summed E-state index contributed by atoms with van der Waals surface area (Å²) < 4.78 is 5.59. The lowest BCUT2D eigenvalue weighted by Gasteiger charge is -2.20. The fraction of sp³-hybridized carbons (Fsp3) is 0.650. The van der Waals surface area contributed by atoms with Crippen molar-refractivity contribution in [2.75, 3.05) is 0 Å². The maximum absolute atomic E-state index is 12.2. The third-order valence-electron chi connectivity index (χ3n) is 5.43. The number of ether oxygens (including phenoxy) is 1. The molecule has 2 fully saturated rings. The number of amides is 1. The zero-order valence-corrected chi connectivity index (χ0v) is 14.4. The molecule has 2 aliphatic rings. The highest BCUT2D eigenvalue weighted by molar-refractivity contribution is 5.76. The van der Waals surface area contributed by atoms with Gasteiger partial charge >= 0.3 is 0 Å². The highest BCUT2D eigenvalue weighted by Crippen LogP contribution is 2.49. The summed E-state index contributed by atoms with van der Waals surface area (Å²) in [4.78, 5) is 12.2. The van der Waals surface area contributed by atoms with Crippen LogP contribution in [0.15, 0.2) is 24.3 Å². The first-order valence-electron chi connectivity index (χ1n) is 9.06. The molecule has 0 spiro atoms. The van der Waals surface area contributed by atoms with Crippen LogP contribution in [0.4, 0.5) is 0 Å². The first kappa shape index (κ1) is 16.5. The zero-order chi connectivity index (χ0) is 16.2. The Bertz CT molecular complexity index is 523. The molecule has 0 unspecified atom stereocenters. The van der Waals surface area contributed by atoms with Gasteiger partial charge in [-0.05, 0) is 62.0 Å². The monoisotopic (exact) mass is 315 g/mol. The Morgan fingerprint density at radius 3 is 2.52 bits per heavy atom. The summed E-state index contributed by atoms with van der Waals surface area (Å²) in [5, 5.41) is 3.08. The van der Waals surface area contributed by atoms with Gasteiger partial charge in [0.1, 0.15) is 0 Å². The number of rotatable bonds is 7. The summed E-state index contributed by atoms with van der Waals surface area (Å²) in [6.07, 6.45) is 6.37. The Morgan fingerprint density at radius 2 is 1.91 bits per heavy atom. The second kappa shape index (κ2) is 7.48. The van der Waals surface area contributed by atoms with Crippen LogP contribution in [0.5, 0.6) is 0 Å². The lowest BCUT2D eigenvalue weighted by Crippen LogP contribution is -2.26. The SMILES string of the molecule is CC(C)OCc1ccc(CNC(=O)C[C@H]2C[C@@H]3CC[C@@H]2C3)cc1. The van der Waals surface area contributed by atoms with E-state index in [4.69, 9.17) is 4.74 Å². The van der Waals surface area contributed by atoms with E-state index in [1.54, 1.807) is 0 Å². The third kappa shape index (κ3) is 4.57. The van der Waals surface area contributed by atoms with Crippen molar-refractivity contribution < 1.29 is 9.53 Å². The largest absolute Gasteiger partial charge is 0.374 e. The Labute approximate surface area is 139 Å². The molecule has 0 radical (unpaired) electrons. The minimum Gasteiger partial charge on any atom is -0.374 e. The molecular formula is C20H29NO2. The Morgan fingerprint density at radius 1 is 1.17 bits per heavy atom. The molecule has 3 rings (SSSR count). The highest BCUT2D eigenvalue weighted by atomic mass is 16.5. The molecule has 0 saturated heterocycles. The van der Waals surface area contributed by atoms with Gasteiger partial charge in [0.25, 0.3) is 0 Å². The highest BCUT2D eigenvalue weighted by Gasteiger charge is 2.39. The molecular weight excluding hydrogens is 286 g/mol. The van der Waals surface area contributed by atoms with Crippen LogP contribution < -0.4 is 5.32 Å². The van der Waals surface area contributed by atoms with E-state index in [-0.39, 0.29) is 12.0 Å². The number of hydrogen-bond donors (Lipinski definition) is 1. The van der Waals surface area contributed by atoms with Gasteiger partial charge in [-0.15, -0.1) is 0 Å². The van der Waals surface area contributed by atoms with Crippen molar-refractivity contribution in [1.29, 1.82) is 0 Å². The summed E-state index contributed by atoms with van der Waals surface area (Å²) in [5.74, 6) is 2.60. The standard InChI is InChI=1S/C20H29NO2/c1-14(2)23-13-16-5-3-15(4-6-16)12-21-20(22)11-19-10-17-7-8-18(19)9-17/h3-6,14,17-19H,7-13H2,1-2H3,(H,21,22)/t17-,18-,19-/m1/s1. The molecule has 3 nitrogen and oxygen atoms in total. The van der Waals surface area contributed by atoms with Crippen LogP contribution in [0.1, 0.15) is 57.1 Å². The molecule has 0 aliphatic heterocycles. The third-order valence-corrected chi connectivity index (χ3v) is 5.43. The van der Waals surface area contributed by atoms with E-state index in [1.807, 2.05) is 13.8 Å². The predicted octanol–water partition coefficient (Wildman–Crippen LogP) is 4.05. The Hall–Kier alpha value is -1.35. The van der Waals surface area contributed by atoms with Crippen molar-refractivity contribution >= 4 is 5.91 Å². The van der Waals surface area contributed by atoms with Crippen molar-refractivity contribution in [3.05, 3.63) is 35.4 Å². The molecule has 2 bridgehead atoms. The second-order valence-corrected chi connectivity index (χ2v) is 7.59. The molecule has 1 aromatic rings. The van der Waals surface area contributed by atoms with Crippen LogP contribution >= 0.6 is 0 Å². The Balaban J connectivity index is 1.40. The van der Waals surface area contributed by atoms with Gasteiger partial charge in [0, 0.05) is 13.0 Å². The van der Waals surface area contributed by atoms with Crippen LogP contribution in [0.3, 0.4) is 0 Å². The minimum absolute atomic E-state index is 0.217. The smallest absolute Gasteiger partial charge is 0.220 e. The van der Waals surface area contributed by atoms with Gasteiger partial charge in [0.05, 0.1) is 12.7 Å². The minimum atomic E-state index is 0.217. The first-order chi connectivity index (χ1) is 11.1. The second-order valence-electron chi connectivity index (χ2n) is 7.59. The van der Waals surface area contributed by atoms with Gasteiger partial charge in [-0.3, -0.25) is 4.79 Å². The van der Waals surface area contributed by atoms with Gasteiger partial charge in [-0.25, -0.2) is 0 Å². The first-order valence-corrected chi connectivity index (χ1v) is 9.06. The fourth-order valence-electron chi connectivity index (χ4n) is 4.15. The summed E-state index contributed by atoms with van der Waals surface area (Å²) >= 11 is 0. The number of benzene rings is 1. The summed E-state index contributed by atoms with van der Waals surface area (Å²) in [5.41, 5.74) is 2.33. The molecule has 126 valence electrons. The van der Waals surface area contributed by atoms with Gasteiger partial charge in [0.2, 0.25) is 5.91 Å². The van der Waals surface area contributed by atoms with Gasteiger partial charge in [0.15, 0.2) is 0 Å². The van der Waals surface area contributed by atoms with Crippen LogP contribution in [-0.2, 0) is 22.7 Å². The lowest BCUT2D eigenvalue weighted by atomic mass is 9.86. The quantitative estimate of drug-likeness (QED) is 0.824. The number of carbonyl (C=O) groups is 1. The summed E-state index contributed by atoms with van der Waals surface area (Å²) in [6.45, 7) is 5.36. The summed E-state index contributed by atoms with van der Waals surface area (Å²) in [7, 11) is 0. The molecule has 0 aromatic heterocycles. The molecule has 3 atom stereocenters. The molecule has 1 N–H and O–H groups in total. The van der Waals surface area contributed by atoms with E-state index in [9.17, 15) is 4.79 Å². The number of hydrogen-bond acceptors (Lipinski definition) is 2. The van der Waals surface area contributed by atoms with Gasteiger partial charge in [-0.2, -0.15) is 0 Å². The maximum Gasteiger partial charge on any atom is 0.220 e. The van der Waals surface area contributed by atoms with Crippen molar-refractivity contribution in [3.8, 4) is 0 Å². The molecule has 23 heavy (non-hydrogen) atoms. The lowest BCUT2D eigenvalue weighted by molar-refractivity contribution is -0.122. The number of fused-ring (bicyclic) bond motifs is 2. The van der Waals surface area contributed by atoms with Crippen LogP contribution in [0, 0.1) is 17.8 Å².